The summed E-state index contributed by atoms with van der Waals surface area (Å²) in [7, 11) is 0. The number of hydrogen-bond acceptors (Lipinski definition) is 3. The minimum absolute atomic E-state index is 0.106. The molecule has 3 aromatic carbocycles. The summed E-state index contributed by atoms with van der Waals surface area (Å²) in [6.07, 6.45) is 0.829. The molecule has 0 radical (unpaired) electrons. The maximum atomic E-state index is 13.7. The van der Waals surface area contributed by atoms with Crippen LogP contribution in [0, 0.1) is 11.3 Å². The summed E-state index contributed by atoms with van der Waals surface area (Å²) in [5.41, 5.74) is 7.04. The highest BCUT2D eigenvalue weighted by Crippen LogP contribution is 2.45. The highest BCUT2D eigenvalue weighted by molar-refractivity contribution is 6.32. The van der Waals surface area contributed by atoms with Gasteiger partial charge in [0.2, 0.25) is 0 Å². The molecule has 31 heavy (non-hydrogen) atoms. The summed E-state index contributed by atoms with van der Waals surface area (Å²) in [6, 6.07) is 24.5. The van der Waals surface area contributed by atoms with Crippen LogP contribution in [0.4, 0.5) is 0 Å². The molecule has 0 fully saturated rings. The zero-order valence-electron chi connectivity index (χ0n) is 16.6. The second kappa shape index (κ2) is 6.38. The molecule has 146 valence electrons. The van der Waals surface area contributed by atoms with Crippen molar-refractivity contribution in [2.45, 2.75) is 13.0 Å². The number of nitriles is 1. The second-order valence-corrected chi connectivity index (χ2v) is 7.90. The summed E-state index contributed by atoms with van der Waals surface area (Å²) in [4.78, 5) is 27.4. The minimum Gasteiger partial charge on any atom is -0.339 e. The van der Waals surface area contributed by atoms with Crippen molar-refractivity contribution < 1.29 is 9.59 Å². The molecule has 6 rings (SSSR count). The number of nitrogens with zero attached hydrogens (tertiary/aromatic N) is 2. The van der Waals surface area contributed by atoms with Gasteiger partial charge in [-0.3, -0.25) is 9.59 Å². The predicted octanol–water partition coefficient (Wildman–Crippen LogP) is 5.03. The highest BCUT2D eigenvalue weighted by atomic mass is 16.1. The van der Waals surface area contributed by atoms with E-state index in [-0.39, 0.29) is 11.6 Å². The van der Waals surface area contributed by atoms with Gasteiger partial charge >= 0.3 is 0 Å². The molecule has 1 aliphatic carbocycles. The Hall–Kier alpha value is -4.23. The van der Waals surface area contributed by atoms with E-state index in [1.54, 1.807) is 36.4 Å². The zero-order chi connectivity index (χ0) is 21.1. The van der Waals surface area contributed by atoms with E-state index in [0.29, 0.717) is 34.4 Å². The monoisotopic (exact) mass is 400 g/mol. The van der Waals surface area contributed by atoms with E-state index in [1.165, 1.54) is 5.56 Å². The Labute approximate surface area is 179 Å². The van der Waals surface area contributed by atoms with Crippen LogP contribution in [0.1, 0.15) is 43.0 Å². The molecule has 4 aromatic rings. The van der Waals surface area contributed by atoms with Gasteiger partial charge in [-0.05, 0) is 29.7 Å². The quantitative estimate of drug-likeness (QED) is 0.397. The molecule has 0 bridgehead atoms. The van der Waals surface area contributed by atoms with Crippen molar-refractivity contribution in [1.82, 2.24) is 4.57 Å². The fraction of sp³-hybridized carbons (Fsp3) is 0.0741. The molecule has 2 heterocycles. The fourth-order valence-electron chi connectivity index (χ4n) is 4.92. The summed E-state index contributed by atoms with van der Waals surface area (Å²) in [6.45, 7) is 0.686. The molecular weight excluding hydrogens is 384 g/mol. The molecule has 0 spiro atoms. The molecule has 1 aliphatic heterocycles. The molecule has 0 saturated heterocycles. The lowest BCUT2D eigenvalue weighted by Gasteiger charge is -2.22. The van der Waals surface area contributed by atoms with Crippen LogP contribution in [-0.4, -0.2) is 16.1 Å². The number of aromatic nitrogens is 1. The van der Waals surface area contributed by atoms with Crippen molar-refractivity contribution in [3.05, 3.63) is 106 Å². The van der Waals surface area contributed by atoms with Crippen molar-refractivity contribution >= 4 is 11.6 Å². The summed E-state index contributed by atoms with van der Waals surface area (Å²) in [5.74, 6) is -0.227. The number of hydrogen-bond donors (Lipinski definition) is 0. The Morgan fingerprint density at radius 1 is 0.710 bits per heavy atom. The van der Waals surface area contributed by atoms with Crippen molar-refractivity contribution in [2.24, 2.45) is 0 Å². The number of aryl methyl sites for hydroxylation is 1. The van der Waals surface area contributed by atoms with E-state index >= 15 is 0 Å². The van der Waals surface area contributed by atoms with Crippen LogP contribution in [0.2, 0.25) is 0 Å². The summed E-state index contributed by atoms with van der Waals surface area (Å²) >= 11 is 0. The summed E-state index contributed by atoms with van der Waals surface area (Å²) in [5, 5.41) is 9.18. The van der Waals surface area contributed by atoms with Crippen LogP contribution in [0.25, 0.3) is 22.5 Å². The third kappa shape index (κ3) is 2.35. The van der Waals surface area contributed by atoms with Crippen LogP contribution in [0.15, 0.2) is 72.8 Å². The van der Waals surface area contributed by atoms with Crippen LogP contribution in [0.3, 0.4) is 0 Å². The molecule has 2 aliphatic rings. The number of carbonyl (C=O) groups is 2. The van der Waals surface area contributed by atoms with Crippen molar-refractivity contribution in [3.8, 4) is 28.6 Å². The molecule has 0 saturated carbocycles. The lowest BCUT2D eigenvalue weighted by molar-refractivity contribution is 0.0981. The average molecular weight is 400 g/mol. The second-order valence-electron chi connectivity index (χ2n) is 7.90. The molecule has 0 amide bonds. The van der Waals surface area contributed by atoms with Gasteiger partial charge in [-0.25, -0.2) is 0 Å². The summed E-state index contributed by atoms with van der Waals surface area (Å²) < 4.78 is 2.12. The van der Waals surface area contributed by atoms with Crippen LogP contribution >= 0.6 is 0 Å². The van der Waals surface area contributed by atoms with Gasteiger partial charge in [0.25, 0.3) is 0 Å². The first-order chi connectivity index (χ1) is 15.2. The zero-order valence-corrected chi connectivity index (χ0v) is 16.6. The standard InChI is InChI=1S/C27H16N2O2/c28-15-16-9-11-18(12-10-16)24-22-23(27(31)21-8-4-3-7-20(21)26(22)30)25-19-6-2-1-5-17(19)13-14-29(24)25/h1-12H,13-14H2. The van der Waals surface area contributed by atoms with Crippen LogP contribution in [-0.2, 0) is 13.0 Å². The van der Waals surface area contributed by atoms with Gasteiger partial charge in [0.1, 0.15) is 0 Å². The normalized spacial score (nSPS) is 13.6. The molecular formula is C27H16N2O2. The Bertz CT molecular complexity index is 1470. The van der Waals surface area contributed by atoms with Gasteiger partial charge in [-0.2, -0.15) is 5.26 Å². The first kappa shape index (κ1) is 17.6. The van der Waals surface area contributed by atoms with E-state index in [2.05, 4.69) is 16.7 Å². The third-order valence-electron chi connectivity index (χ3n) is 6.30. The van der Waals surface area contributed by atoms with E-state index < -0.39 is 0 Å². The number of carbonyl (C=O) groups excluding carboxylic acids is 2. The van der Waals surface area contributed by atoms with E-state index in [9.17, 15) is 14.9 Å². The largest absolute Gasteiger partial charge is 0.339 e. The smallest absolute Gasteiger partial charge is 0.196 e. The maximum absolute atomic E-state index is 13.7. The Kier molecular flexibility index (Phi) is 3.63. The average Bonchev–Trinajstić information content (AvgIpc) is 3.19. The molecule has 0 unspecified atom stereocenters. The van der Waals surface area contributed by atoms with E-state index in [4.69, 9.17) is 0 Å². The number of benzene rings is 3. The van der Waals surface area contributed by atoms with Gasteiger partial charge in [0.15, 0.2) is 11.6 Å². The topological polar surface area (TPSA) is 62.9 Å². The third-order valence-corrected chi connectivity index (χ3v) is 6.30. The Balaban J connectivity index is 1.73. The van der Waals surface area contributed by atoms with Gasteiger partial charge in [0, 0.05) is 23.2 Å². The van der Waals surface area contributed by atoms with Crippen LogP contribution in [0.5, 0.6) is 0 Å². The Morgan fingerprint density at radius 3 is 1.94 bits per heavy atom. The maximum Gasteiger partial charge on any atom is 0.196 e. The van der Waals surface area contributed by atoms with Crippen molar-refractivity contribution in [3.63, 3.8) is 0 Å². The minimum atomic E-state index is -0.121. The van der Waals surface area contributed by atoms with Crippen LogP contribution < -0.4 is 0 Å². The first-order valence-electron chi connectivity index (χ1n) is 10.2. The predicted molar refractivity (Wildman–Crippen MR) is 117 cm³/mol. The number of fused-ring (bicyclic) bond motifs is 6. The molecule has 4 nitrogen and oxygen atoms in total. The number of rotatable bonds is 1. The van der Waals surface area contributed by atoms with Gasteiger partial charge in [0.05, 0.1) is 34.1 Å². The molecule has 1 aromatic heterocycles. The first-order valence-corrected chi connectivity index (χ1v) is 10.2. The van der Waals surface area contributed by atoms with Gasteiger partial charge in [-0.1, -0.05) is 60.7 Å². The molecule has 4 heteroatoms. The van der Waals surface area contributed by atoms with E-state index in [1.807, 2.05) is 30.3 Å². The van der Waals surface area contributed by atoms with E-state index in [0.717, 1.165) is 28.9 Å². The fourth-order valence-corrected chi connectivity index (χ4v) is 4.92. The van der Waals surface area contributed by atoms with Crippen molar-refractivity contribution in [2.75, 3.05) is 0 Å². The van der Waals surface area contributed by atoms with Gasteiger partial charge < -0.3 is 4.57 Å². The van der Waals surface area contributed by atoms with Gasteiger partial charge in [-0.15, -0.1) is 0 Å². The van der Waals surface area contributed by atoms with Crippen molar-refractivity contribution in [1.29, 1.82) is 5.26 Å². The number of ketones is 2. The lowest BCUT2D eigenvalue weighted by atomic mass is 9.82. The Morgan fingerprint density at radius 2 is 1.29 bits per heavy atom. The SMILES string of the molecule is N#Cc1ccc(-c2c3c(c4n2CCc2ccccc2-4)C(=O)c2ccccc2C3=O)cc1. The highest BCUT2D eigenvalue weighted by Gasteiger charge is 2.39. The molecule has 0 atom stereocenters. The molecule has 0 N–H and O–H groups in total. The lowest BCUT2D eigenvalue weighted by Crippen LogP contribution is -2.20.